The van der Waals surface area contributed by atoms with Gasteiger partial charge in [0.25, 0.3) is 0 Å². The number of sulfonamides is 1. The van der Waals surface area contributed by atoms with Gasteiger partial charge in [-0.15, -0.1) is 0 Å². The van der Waals surface area contributed by atoms with E-state index in [2.05, 4.69) is 32.7 Å². The summed E-state index contributed by atoms with van der Waals surface area (Å²) in [5, 5.41) is 0. The summed E-state index contributed by atoms with van der Waals surface area (Å²) in [6.07, 6.45) is 16.1. The third kappa shape index (κ3) is 21.1. The van der Waals surface area contributed by atoms with E-state index < -0.39 is 10.0 Å². The van der Waals surface area contributed by atoms with Crippen molar-refractivity contribution in [3.8, 4) is 0 Å². The molecule has 166 valence electrons. The lowest BCUT2D eigenvalue weighted by molar-refractivity contribution is -0.888. The fourth-order valence-electron chi connectivity index (χ4n) is 3.10. The third-order valence-corrected chi connectivity index (χ3v) is 6.85. The molecule has 1 N–H and O–H groups in total. The molecule has 4 nitrogen and oxygen atoms in total. The van der Waals surface area contributed by atoms with Crippen LogP contribution in [0, 0.1) is 0 Å². The molecule has 0 aromatic carbocycles. The van der Waals surface area contributed by atoms with Crippen molar-refractivity contribution in [3.63, 3.8) is 0 Å². The van der Waals surface area contributed by atoms with Crippen LogP contribution in [0.3, 0.4) is 0 Å². The molecule has 0 rings (SSSR count). The minimum absolute atomic E-state index is 0. The van der Waals surface area contributed by atoms with Gasteiger partial charge in [-0.3, -0.25) is 0 Å². The predicted octanol–water partition coefficient (Wildman–Crippen LogP) is 2.10. The maximum atomic E-state index is 12.0. The van der Waals surface area contributed by atoms with Gasteiger partial charge in [0.2, 0.25) is 10.0 Å². The molecular weight excluding hydrogens is 471 g/mol. The fraction of sp³-hybridized carbons (Fsp3) is 1.00. The SMILES string of the molecule is CCCCCCCCCCCCCCS(=O)(=O)NCCC[N+](C)(C)CC.[I-]. The Kier molecular flexibility index (Phi) is 20.5. The molecule has 0 bridgehead atoms. The van der Waals surface area contributed by atoms with Gasteiger partial charge in [0.1, 0.15) is 0 Å². The molecule has 0 saturated carbocycles. The Morgan fingerprint density at radius 2 is 1.15 bits per heavy atom. The van der Waals surface area contributed by atoms with Gasteiger partial charge >= 0.3 is 0 Å². The zero-order chi connectivity index (χ0) is 19.7. The molecule has 0 saturated heterocycles. The number of rotatable bonds is 19. The number of quaternary nitrogens is 1. The smallest absolute Gasteiger partial charge is 0.211 e. The van der Waals surface area contributed by atoms with Crippen molar-refractivity contribution in [3.05, 3.63) is 0 Å². The number of nitrogens with zero attached hydrogens (tertiary/aromatic N) is 1. The standard InChI is InChI=1S/C21H47N2O2S.HI/c1-5-7-8-9-10-11-12-13-14-15-16-17-21-26(24,25)22-19-18-20-23(3,4)6-2;/h22H,5-21H2,1-4H3;1H/q+1;/p-1. The van der Waals surface area contributed by atoms with Gasteiger partial charge in [-0.25, -0.2) is 13.1 Å². The molecule has 0 aromatic rings. The molecule has 6 heteroatoms. The quantitative estimate of drug-likeness (QED) is 0.162. The molecule has 27 heavy (non-hydrogen) atoms. The van der Waals surface area contributed by atoms with Crippen molar-refractivity contribution in [2.75, 3.05) is 39.5 Å². The molecule has 0 heterocycles. The molecule has 0 unspecified atom stereocenters. The van der Waals surface area contributed by atoms with Crippen molar-refractivity contribution < 1.29 is 36.9 Å². The minimum Gasteiger partial charge on any atom is -1.00 e. The Hall–Kier alpha value is 0.600. The summed E-state index contributed by atoms with van der Waals surface area (Å²) < 4.78 is 27.7. The van der Waals surface area contributed by atoms with Crippen LogP contribution in [0.1, 0.15) is 97.3 Å². The highest BCUT2D eigenvalue weighted by molar-refractivity contribution is 7.89. The van der Waals surface area contributed by atoms with E-state index in [9.17, 15) is 8.42 Å². The summed E-state index contributed by atoms with van der Waals surface area (Å²) in [5.74, 6) is 0.288. The first-order chi connectivity index (χ1) is 12.3. The average Bonchev–Trinajstić information content (AvgIpc) is 2.60. The van der Waals surface area contributed by atoms with Crippen LogP contribution in [0.25, 0.3) is 0 Å². The van der Waals surface area contributed by atoms with Crippen molar-refractivity contribution in [1.82, 2.24) is 4.72 Å². The summed E-state index contributed by atoms with van der Waals surface area (Å²) in [7, 11) is 1.29. The van der Waals surface area contributed by atoms with Crippen LogP contribution in [0.4, 0.5) is 0 Å². The number of halogens is 1. The summed E-state index contributed by atoms with van der Waals surface area (Å²) in [5.41, 5.74) is 0. The number of hydrogen-bond donors (Lipinski definition) is 1. The Bertz CT molecular complexity index is 414. The maximum absolute atomic E-state index is 12.0. The zero-order valence-electron chi connectivity index (χ0n) is 18.6. The van der Waals surface area contributed by atoms with E-state index >= 15 is 0 Å². The van der Waals surface area contributed by atoms with E-state index in [0.717, 1.165) is 36.8 Å². The van der Waals surface area contributed by atoms with Crippen LogP contribution in [-0.4, -0.2) is 52.4 Å². The molecule has 0 aliphatic rings. The van der Waals surface area contributed by atoms with E-state index in [4.69, 9.17) is 0 Å². The Morgan fingerprint density at radius 1 is 0.704 bits per heavy atom. The number of nitrogens with one attached hydrogen (secondary N) is 1. The van der Waals surface area contributed by atoms with Crippen molar-refractivity contribution in [2.24, 2.45) is 0 Å². The van der Waals surface area contributed by atoms with Gasteiger partial charge in [-0.1, -0.05) is 77.6 Å². The van der Waals surface area contributed by atoms with Crippen molar-refractivity contribution in [1.29, 1.82) is 0 Å². The monoisotopic (exact) mass is 518 g/mol. The Labute approximate surface area is 187 Å². The second-order valence-electron chi connectivity index (χ2n) is 8.43. The second kappa shape index (κ2) is 18.6. The van der Waals surface area contributed by atoms with Gasteiger partial charge < -0.3 is 28.5 Å². The Morgan fingerprint density at radius 3 is 1.59 bits per heavy atom. The molecule has 0 spiro atoms. The largest absolute Gasteiger partial charge is 1.00 e. The van der Waals surface area contributed by atoms with Gasteiger partial charge in [0.05, 0.1) is 32.9 Å². The van der Waals surface area contributed by atoms with E-state index in [1.165, 1.54) is 64.2 Å². The normalized spacial score (nSPS) is 12.1. The van der Waals surface area contributed by atoms with E-state index in [-0.39, 0.29) is 29.7 Å². The predicted molar refractivity (Wildman–Crippen MR) is 115 cm³/mol. The van der Waals surface area contributed by atoms with Crippen LogP contribution >= 0.6 is 0 Å². The minimum atomic E-state index is -3.08. The summed E-state index contributed by atoms with van der Waals surface area (Å²) >= 11 is 0. The van der Waals surface area contributed by atoms with E-state index in [1.807, 2.05) is 0 Å². The molecule has 0 atom stereocenters. The average molecular weight is 519 g/mol. The number of hydrogen-bond acceptors (Lipinski definition) is 2. The molecular formula is C21H47IN2O2S. The van der Waals surface area contributed by atoms with E-state index in [0.29, 0.717) is 6.54 Å². The molecule has 0 aliphatic carbocycles. The van der Waals surface area contributed by atoms with Crippen LogP contribution < -0.4 is 28.7 Å². The van der Waals surface area contributed by atoms with Crippen LogP contribution in [0.2, 0.25) is 0 Å². The van der Waals surface area contributed by atoms with Crippen LogP contribution in [0.15, 0.2) is 0 Å². The maximum Gasteiger partial charge on any atom is 0.211 e. The van der Waals surface area contributed by atoms with Crippen molar-refractivity contribution in [2.45, 2.75) is 97.3 Å². The second-order valence-corrected chi connectivity index (χ2v) is 10.4. The number of unbranched alkanes of at least 4 members (excludes halogenated alkanes) is 11. The first-order valence-electron chi connectivity index (χ1n) is 11.1. The van der Waals surface area contributed by atoms with Gasteiger partial charge in [-0.2, -0.15) is 0 Å². The van der Waals surface area contributed by atoms with Gasteiger partial charge in [0, 0.05) is 13.0 Å². The summed E-state index contributed by atoms with van der Waals surface area (Å²) in [4.78, 5) is 0. The molecule has 0 radical (unpaired) electrons. The zero-order valence-corrected chi connectivity index (χ0v) is 21.5. The summed E-state index contributed by atoms with van der Waals surface area (Å²) in [6, 6.07) is 0. The lowest BCUT2D eigenvalue weighted by Crippen LogP contribution is -3.00. The lowest BCUT2D eigenvalue weighted by Gasteiger charge is -2.28. The lowest BCUT2D eigenvalue weighted by atomic mass is 10.1. The fourth-order valence-corrected chi connectivity index (χ4v) is 4.28. The highest BCUT2D eigenvalue weighted by Crippen LogP contribution is 2.12. The molecule has 0 amide bonds. The summed E-state index contributed by atoms with van der Waals surface area (Å²) in [6.45, 7) is 7.08. The van der Waals surface area contributed by atoms with E-state index in [1.54, 1.807) is 0 Å². The first-order valence-corrected chi connectivity index (χ1v) is 12.8. The van der Waals surface area contributed by atoms with Gasteiger partial charge in [0.15, 0.2) is 0 Å². The Balaban J connectivity index is 0. The van der Waals surface area contributed by atoms with Gasteiger partial charge in [-0.05, 0) is 13.3 Å². The third-order valence-electron chi connectivity index (χ3n) is 5.38. The molecule has 0 fully saturated rings. The highest BCUT2D eigenvalue weighted by Gasteiger charge is 2.13. The topological polar surface area (TPSA) is 46.2 Å². The highest BCUT2D eigenvalue weighted by atomic mass is 127. The van der Waals surface area contributed by atoms with Crippen molar-refractivity contribution >= 4 is 10.0 Å². The van der Waals surface area contributed by atoms with Crippen LogP contribution in [0.5, 0.6) is 0 Å². The molecule has 0 aromatic heterocycles. The van der Waals surface area contributed by atoms with Crippen LogP contribution in [-0.2, 0) is 10.0 Å². The first kappa shape index (κ1) is 29.8. The molecule has 0 aliphatic heterocycles.